The van der Waals surface area contributed by atoms with Crippen LogP contribution in [0, 0.1) is 5.92 Å². The zero-order chi connectivity index (χ0) is 16.8. The Morgan fingerprint density at radius 1 is 1.13 bits per heavy atom. The molecule has 0 bridgehead atoms. The molecule has 4 nitrogen and oxygen atoms in total. The third kappa shape index (κ3) is 3.31. The fourth-order valence-electron chi connectivity index (χ4n) is 2.56. The van der Waals surface area contributed by atoms with Crippen molar-refractivity contribution in [2.45, 2.75) is 64.8 Å². The number of rotatable bonds is 4. The minimum absolute atomic E-state index is 0.0764. The lowest BCUT2D eigenvalue weighted by atomic mass is 9.78. The average Bonchev–Trinajstić information content (AvgIpc) is 3.27. The summed E-state index contributed by atoms with van der Waals surface area (Å²) < 4.78 is 17.6. The highest BCUT2D eigenvalue weighted by molar-refractivity contribution is 6.62. The van der Waals surface area contributed by atoms with Crippen molar-refractivity contribution in [3.8, 4) is 0 Å². The van der Waals surface area contributed by atoms with Crippen LogP contribution in [0.5, 0.6) is 0 Å². The quantitative estimate of drug-likeness (QED) is 0.633. The molecule has 0 spiro atoms. The van der Waals surface area contributed by atoms with Gasteiger partial charge in [-0.25, -0.2) is 0 Å². The molecule has 2 aliphatic rings. The second-order valence-corrected chi connectivity index (χ2v) is 7.61. The molecule has 0 radical (unpaired) electrons. The van der Waals surface area contributed by atoms with Crippen LogP contribution in [0.15, 0.2) is 24.3 Å². The van der Waals surface area contributed by atoms with E-state index in [0.29, 0.717) is 0 Å². The molecule has 1 saturated heterocycles. The van der Waals surface area contributed by atoms with Crippen molar-refractivity contribution in [1.29, 1.82) is 0 Å². The number of benzene rings is 1. The summed E-state index contributed by atoms with van der Waals surface area (Å²) in [6.45, 7) is 10.1. The van der Waals surface area contributed by atoms with Crippen LogP contribution >= 0.6 is 0 Å². The zero-order valence-corrected chi connectivity index (χ0v) is 14.6. The van der Waals surface area contributed by atoms with E-state index in [1.54, 1.807) is 0 Å². The number of carbonyl (C=O) groups is 1. The van der Waals surface area contributed by atoms with Crippen LogP contribution in [-0.2, 0) is 18.8 Å². The van der Waals surface area contributed by atoms with E-state index in [9.17, 15) is 4.79 Å². The second kappa shape index (κ2) is 5.64. The molecule has 1 aliphatic carbocycles. The SMILES string of the molecule is CC(OC(=O)C1CC1)c1ccc(B2OC(C)(C)C(C)(C)O2)cc1. The summed E-state index contributed by atoms with van der Waals surface area (Å²) in [5.41, 5.74) is 1.28. The summed E-state index contributed by atoms with van der Waals surface area (Å²) in [5, 5.41) is 0. The molecule has 2 fully saturated rings. The number of ether oxygens (including phenoxy) is 1. The molecule has 1 heterocycles. The molecule has 1 aromatic rings. The molecular formula is C18H25BO4. The van der Waals surface area contributed by atoms with Crippen LogP contribution in [-0.4, -0.2) is 24.3 Å². The maximum Gasteiger partial charge on any atom is 0.494 e. The van der Waals surface area contributed by atoms with Crippen molar-refractivity contribution >= 4 is 18.6 Å². The number of esters is 1. The van der Waals surface area contributed by atoms with Gasteiger partial charge in [0.2, 0.25) is 0 Å². The van der Waals surface area contributed by atoms with E-state index < -0.39 is 0 Å². The minimum atomic E-state index is -0.363. The zero-order valence-electron chi connectivity index (χ0n) is 14.6. The molecule has 1 saturated carbocycles. The molecule has 1 aliphatic heterocycles. The summed E-state index contributed by atoms with van der Waals surface area (Å²) in [4.78, 5) is 11.7. The minimum Gasteiger partial charge on any atom is -0.458 e. The first kappa shape index (κ1) is 16.5. The van der Waals surface area contributed by atoms with Gasteiger partial charge >= 0.3 is 13.1 Å². The fourth-order valence-corrected chi connectivity index (χ4v) is 2.56. The van der Waals surface area contributed by atoms with Crippen LogP contribution < -0.4 is 5.46 Å². The highest BCUT2D eigenvalue weighted by Gasteiger charge is 2.51. The molecule has 5 heteroatoms. The monoisotopic (exact) mass is 316 g/mol. The number of carbonyl (C=O) groups excluding carboxylic acids is 1. The number of hydrogen-bond donors (Lipinski definition) is 0. The average molecular weight is 316 g/mol. The van der Waals surface area contributed by atoms with Gasteiger partial charge in [0.05, 0.1) is 17.1 Å². The van der Waals surface area contributed by atoms with Gasteiger partial charge in [0.15, 0.2) is 0 Å². The normalized spacial score (nSPS) is 23.6. The Morgan fingerprint density at radius 2 is 1.65 bits per heavy atom. The van der Waals surface area contributed by atoms with E-state index in [1.165, 1.54) is 0 Å². The molecule has 1 aromatic carbocycles. The van der Waals surface area contributed by atoms with Crippen molar-refractivity contribution in [3.05, 3.63) is 29.8 Å². The van der Waals surface area contributed by atoms with Crippen LogP contribution in [0.2, 0.25) is 0 Å². The lowest BCUT2D eigenvalue weighted by Crippen LogP contribution is -2.41. The van der Waals surface area contributed by atoms with Crippen LogP contribution in [0.25, 0.3) is 0 Å². The summed E-state index contributed by atoms with van der Waals surface area (Å²) in [6.07, 6.45) is 1.70. The highest BCUT2D eigenvalue weighted by atomic mass is 16.7. The third-order valence-electron chi connectivity index (χ3n) is 5.13. The molecule has 1 atom stereocenters. The standard InChI is InChI=1S/C18H25BO4/c1-12(21-16(20)14-6-7-14)13-8-10-15(11-9-13)19-22-17(2,3)18(4,5)23-19/h8-12,14H,6-7H2,1-5H3. The van der Waals surface area contributed by atoms with E-state index >= 15 is 0 Å². The molecule has 1 unspecified atom stereocenters. The molecule has 0 amide bonds. The van der Waals surface area contributed by atoms with Crippen LogP contribution in [0.1, 0.15) is 59.1 Å². The lowest BCUT2D eigenvalue weighted by Gasteiger charge is -2.32. The van der Waals surface area contributed by atoms with Gasteiger partial charge < -0.3 is 14.0 Å². The van der Waals surface area contributed by atoms with Gasteiger partial charge in [-0.3, -0.25) is 4.79 Å². The predicted molar refractivity (Wildman–Crippen MR) is 89.4 cm³/mol. The molecular weight excluding hydrogens is 291 g/mol. The summed E-state index contributed by atoms with van der Waals surface area (Å²) in [5.74, 6) is 0.0500. The smallest absolute Gasteiger partial charge is 0.458 e. The third-order valence-corrected chi connectivity index (χ3v) is 5.13. The summed E-state index contributed by atoms with van der Waals surface area (Å²) in [7, 11) is -0.363. The van der Waals surface area contributed by atoms with E-state index in [1.807, 2.05) is 58.9 Å². The Kier molecular flexibility index (Phi) is 4.05. The van der Waals surface area contributed by atoms with Gasteiger partial charge in [-0.05, 0) is 58.5 Å². The molecule has 0 N–H and O–H groups in total. The largest absolute Gasteiger partial charge is 0.494 e. The Hall–Kier alpha value is -1.33. The molecule has 0 aromatic heterocycles. The van der Waals surface area contributed by atoms with Gasteiger partial charge in [0.1, 0.15) is 6.10 Å². The van der Waals surface area contributed by atoms with Crippen molar-refractivity contribution in [2.24, 2.45) is 5.92 Å². The molecule has 124 valence electrons. The first-order valence-electron chi connectivity index (χ1n) is 8.35. The summed E-state index contributed by atoms with van der Waals surface area (Å²) in [6, 6.07) is 7.92. The van der Waals surface area contributed by atoms with Crippen LogP contribution in [0.4, 0.5) is 0 Å². The van der Waals surface area contributed by atoms with Crippen molar-refractivity contribution in [1.82, 2.24) is 0 Å². The van der Waals surface area contributed by atoms with E-state index in [0.717, 1.165) is 23.9 Å². The summed E-state index contributed by atoms with van der Waals surface area (Å²) >= 11 is 0. The fraction of sp³-hybridized carbons (Fsp3) is 0.611. The number of hydrogen-bond acceptors (Lipinski definition) is 4. The maximum absolute atomic E-state index is 11.7. The first-order valence-corrected chi connectivity index (χ1v) is 8.35. The maximum atomic E-state index is 11.7. The van der Waals surface area contributed by atoms with Gasteiger partial charge in [0, 0.05) is 0 Å². The Balaban J connectivity index is 1.66. The van der Waals surface area contributed by atoms with E-state index in [4.69, 9.17) is 14.0 Å². The van der Waals surface area contributed by atoms with Gasteiger partial charge in [-0.1, -0.05) is 24.3 Å². The predicted octanol–water partition coefficient (Wildman–Crippen LogP) is 3.00. The van der Waals surface area contributed by atoms with E-state index in [2.05, 4.69) is 0 Å². The Bertz CT molecular complexity index is 574. The van der Waals surface area contributed by atoms with Crippen LogP contribution in [0.3, 0.4) is 0 Å². The van der Waals surface area contributed by atoms with Gasteiger partial charge in [-0.2, -0.15) is 0 Å². The van der Waals surface area contributed by atoms with Crippen molar-refractivity contribution < 1.29 is 18.8 Å². The van der Waals surface area contributed by atoms with Gasteiger partial charge in [0.25, 0.3) is 0 Å². The lowest BCUT2D eigenvalue weighted by molar-refractivity contribution is -0.150. The molecule has 23 heavy (non-hydrogen) atoms. The highest BCUT2D eigenvalue weighted by Crippen LogP contribution is 2.36. The first-order chi connectivity index (χ1) is 10.7. The Labute approximate surface area is 138 Å². The van der Waals surface area contributed by atoms with E-state index in [-0.39, 0.29) is 36.3 Å². The van der Waals surface area contributed by atoms with Crippen molar-refractivity contribution in [3.63, 3.8) is 0 Å². The van der Waals surface area contributed by atoms with Crippen molar-refractivity contribution in [2.75, 3.05) is 0 Å². The second-order valence-electron chi connectivity index (χ2n) is 7.61. The molecule has 3 rings (SSSR count). The topological polar surface area (TPSA) is 44.8 Å². The Morgan fingerprint density at radius 3 is 2.13 bits per heavy atom. The van der Waals surface area contributed by atoms with Gasteiger partial charge in [-0.15, -0.1) is 0 Å².